The molecule has 0 heterocycles. The smallest absolute Gasteiger partial charge is 0.306 e. The Hall–Kier alpha value is -0.510. The quantitative estimate of drug-likeness (QED) is 0.713. The Bertz CT molecular complexity index is 245. The van der Waals surface area contributed by atoms with Crippen LogP contribution >= 0.6 is 11.8 Å². The zero-order valence-corrected chi connectivity index (χ0v) is 10.8. The summed E-state index contributed by atoms with van der Waals surface area (Å²) in [6.45, 7) is 3.92. The third-order valence-corrected chi connectivity index (χ3v) is 4.02. The van der Waals surface area contributed by atoms with Crippen molar-refractivity contribution in [3.8, 4) is 0 Å². The third kappa shape index (κ3) is 5.01. The van der Waals surface area contributed by atoms with Crippen molar-refractivity contribution < 1.29 is 14.3 Å². The highest BCUT2D eigenvalue weighted by molar-refractivity contribution is 8.14. The minimum absolute atomic E-state index is 0.0785. The van der Waals surface area contributed by atoms with Crippen LogP contribution in [0.4, 0.5) is 0 Å². The number of thioether (sulfide) groups is 1. The van der Waals surface area contributed by atoms with E-state index >= 15 is 0 Å². The van der Waals surface area contributed by atoms with E-state index in [1.54, 1.807) is 6.92 Å². The number of esters is 1. The van der Waals surface area contributed by atoms with E-state index in [1.165, 1.54) is 11.8 Å². The van der Waals surface area contributed by atoms with Gasteiger partial charge in [0.05, 0.1) is 6.61 Å². The minimum atomic E-state index is -0.0785. The van der Waals surface area contributed by atoms with Gasteiger partial charge >= 0.3 is 5.97 Å². The molecule has 0 unspecified atom stereocenters. The second-order valence-corrected chi connectivity index (χ2v) is 5.74. The summed E-state index contributed by atoms with van der Waals surface area (Å²) in [5.41, 5.74) is 0. The van der Waals surface area contributed by atoms with Gasteiger partial charge in [0.2, 0.25) is 0 Å². The lowest BCUT2D eigenvalue weighted by atomic mass is 9.87. The van der Waals surface area contributed by atoms with E-state index in [9.17, 15) is 9.59 Å². The molecule has 92 valence electrons. The van der Waals surface area contributed by atoms with Gasteiger partial charge in [0, 0.05) is 18.6 Å². The van der Waals surface area contributed by atoms with Crippen molar-refractivity contribution in [2.24, 2.45) is 5.92 Å². The summed E-state index contributed by atoms with van der Waals surface area (Å²) in [5.74, 6) is 0.382. The first-order chi connectivity index (χ1) is 7.61. The number of carbonyl (C=O) groups excluding carboxylic acids is 2. The molecule has 0 radical (unpaired) electrons. The highest BCUT2D eigenvalue weighted by atomic mass is 32.2. The molecule has 0 amide bonds. The monoisotopic (exact) mass is 244 g/mol. The molecule has 0 N–H and O–H groups in total. The summed E-state index contributed by atoms with van der Waals surface area (Å²) in [4.78, 5) is 22.2. The molecule has 0 aromatic heterocycles. The van der Waals surface area contributed by atoms with Gasteiger partial charge in [0.1, 0.15) is 0 Å². The first-order valence-corrected chi connectivity index (χ1v) is 6.82. The fraction of sp³-hybridized carbons (Fsp3) is 0.833. The van der Waals surface area contributed by atoms with Crippen LogP contribution in [0.5, 0.6) is 0 Å². The second-order valence-electron chi connectivity index (χ2n) is 4.26. The molecule has 16 heavy (non-hydrogen) atoms. The predicted octanol–water partition coefficient (Wildman–Crippen LogP) is 2.78. The van der Waals surface area contributed by atoms with E-state index in [1.807, 2.05) is 6.92 Å². The third-order valence-electron chi connectivity index (χ3n) is 2.89. The van der Waals surface area contributed by atoms with Crippen molar-refractivity contribution in [2.75, 3.05) is 6.61 Å². The molecule has 4 heteroatoms. The SMILES string of the molecule is CCOC(=O)CC1CCC(SC(C)=O)CC1. The van der Waals surface area contributed by atoms with E-state index in [-0.39, 0.29) is 11.1 Å². The minimum Gasteiger partial charge on any atom is -0.466 e. The van der Waals surface area contributed by atoms with Crippen LogP contribution in [-0.2, 0) is 14.3 Å². The molecule has 1 aliphatic carbocycles. The van der Waals surface area contributed by atoms with E-state index in [4.69, 9.17) is 4.74 Å². The molecule has 1 aliphatic rings. The summed E-state index contributed by atoms with van der Waals surface area (Å²) >= 11 is 1.45. The number of carbonyl (C=O) groups is 2. The zero-order valence-electron chi connectivity index (χ0n) is 10.0. The van der Waals surface area contributed by atoms with Gasteiger partial charge in [0.15, 0.2) is 5.12 Å². The van der Waals surface area contributed by atoms with Crippen molar-refractivity contribution in [1.82, 2.24) is 0 Å². The van der Waals surface area contributed by atoms with Gasteiger partial charge in [-0.05, 0) is 38.5 Å². The molecule has 0 spiro atoms. The maximum atomic E-state index is 11.3. The largest absolute Gasteiger partial charge is 0.466 e. The van der Waals surface area contributed by atoms with Gasteiger partial charge in [-0.3, -0.25) is 9.59 Å². The Kier molecular flexibility index (Phi) is 5.88. The average Bonchev–Trinajstić information content (AvgIpc) is 2.20. The van der Waals surface area contributed by atoms with Crippen LogP contribution < -0.4 is 0 Å². The van der Waals surface area contributed by atoms with Crippen LogP contribution in [0.15, 0.2) is 0 Å². The molecule has 3 nitrogen and oxygen atoms in total. The van der Waals surface area contributed by atoms with Gasteiger partial charge in [-0.1, -0.05) is 11.8 Å². The van der Waals surface area contributed by atoms with Crippen LogP contribution in [0, 0.1) is 5.92 Å². The van der Waals surface area contributed by atoms with Crippen LogP contribution in [0.3, 0.4) is 0 Å². The second kappa shape index (κ2) is 6.94. The van der Waals surface area contributed by atoms with Crippen molar-refractivity contribution in [2.45, 2.75) is 51.2 Å². The van der Waals surface area contributed by atoms with Crippen molar-refractivity contribution in [3.63, 3.8) is 0 Å². The Labute approximate surface area is 101 Å². The van der Waals surface area contributed by atoms with Crippen LogP contribution in [0.1, 0.15) is 46.0 Å². The number of hydrogen-bond acceptors (Lipinski definition) is 4. The summed E-state index contributed by atoms with van der Waals surface area (Å²) in [6, 6.07) is 0. The molecule has 0 bridgehead atoms. The Balaban J connectivity index is 2.21. The van der Waals surface area contributed by atoms with E-state index in [0.717, 1.165) is 25.7 Å². The molecule has 0 aromatic rings. The number of hydrogen-bond donors (Lipinski definition) is 0. The molecular weight excluding hydrogens is 224 g/mol. The molecular formula is C12H20O3S. The normalized spacial score (nSPS) is 25.1. The van der Waals surface area contributed by atoms with Crippen LogP contribution in [0.25, 0.3) is 0 Å². The first-order valence-electron chi connectivity index (χ1n) is 5.94. The molecule has 0 aliphatic heterocycles. The van der Waals surface area contributed by atoms with Gasteiger partial charge in [-0.15, -0.1) is 0 Å². The van der Waals surface area contributed by atoms with Gasteiger partial charge in [0.25, 0.3) is 0 Å². The van der Waals surface area contributed by atoms with Crippen molar-refractivity contribution in [1.29, 1.82) is 0 Å². The fourth-order valence-electron chi connectivity index (χ4n) is 2.14. The zero-order chi connectivity index (χ0) is 12.0. The molecule has 0 aromatic carbocycles. The lowest BCUT2D eigenvalue weighted by Gasteiger charge is -2.26. The van der Waals surface area contributed by atoms with E-state index in [0.29, 0.717) is 24.2 Å². The summed E-state index contributed by atoms with van der Waals surface area (Å²) < 4.78 is 4.94. The number of rotatable bonds is 4. The Morgan fingerprint density at radius 1 is 1.25 bits per heavy atom. The summed E-state index contributed by atoms with van der Waals surface area (Å²) in [5, 5.41) is 0.671. The lowest BCUT2D eigenvalue weighted by molar-refractivity contribution is -0.144. The molecule has 0 atom stereocenters. The maximum absolute atomic E-state index is 11.3. The van der Waals surface area contributed by atoms with Crippen LogP contribution in [-0.4, -0.2) is 22.9 Å². The predicted molar refractivity (Wildman–Crippen MR) is 65.3 cm³/mol. The highest BCUT2D eigenvalue weighted by Crippen LogP contribution is 2.33. The topological polar surface area (TPSA) is 43.4 Å². The Morgan fingerprint density at radius 2 is 1.88 bits per heavy atom. The maximum Gasteiger partial charge on any atom is 0.306 e. The molecule has 1 fully saturated rings. The van der Waals surface area contributed by atoms with Gasteiger partial charge < -0.3 is 4.74 Å². The van der Waals surface area contributed by atoms with Crippen LogP contribution in [0.2, 0.25) is 0 Å². The van der Waals surface area contributed by atoms with E-state index in [2.05, 4.69) is 0 Å². The summed E-state index contributed by atoms with van der Waals surface area (Å²) in [7, 11) is 0. The van der Waals surface area contributed by atoms with E-state index < -0.39 is 0 Å². The fourth-order valence-corrected chi connectivity index (χ4v) is 3.12. The molecule has 0 saturated heterocycles. The van der Waals surface area contributed by atoms with Crippen molar-refractivity contribution in [3.05, 3.63) is 0 Å². The summed E-state index contributed by atoms with van der Waals surface area (Å²) in [6.07, 6.45) is 4.74. The number of ether oxygens (including phenoxy) is 1. The van der Waals surface area contributed by atoms with Gasteiger partial charge in [-0.25, -0.2) is 0 Å². The standard InChI is InChI=1S/C12H20O3S/c1-3-15-12(14)8-10-4-6-11(7-5-10)16-9(2)13/h10-11H,3-8H2,1-2H3. The van der Waals surface area contributed by atoms with Crippen molar-refractivity contribution >= 4 is 22.8 Å². The van der Waals surface area contributed by atoms with Gasteiger partial charge in [-0.2, -0.15) is 0 Å². The highest BCUT2D eigenvalue weighted by Gasteiger charge is 2.24. The molecule has 1 saturated carbocycles. The Morgan fingerprint density at radius 3 is 2.38 bits per heavy atom. The average molecular weight is 244 g/mol. The first kappa shape index (κ1) is 13.6. The lowest BCUT2D eigenvalue weighted by Crippen LogP contribution is -2.20. The molecule has 1 rings (SSSR count).